The molecule has 0 radical (unpaired) electrons. The van der Waals surface area contributed by atoms with Crippen LogP contribution in [0.25, 0.3) is 17.3 Å². The lowest BCUT2D eigenvalue weighted by molar-refractivity contribution is -0.115. The summed E-state index contributed by atoms with van der Waals surface area (Å²) < 4.78 is 6.98. The molecule has 166 valence electrons. The van der Waals surface area contributed by atoms with Crippen molar-refractivity contribution in [1.82, 2.24) is 15.2 Å². The van der Waals surface area contributed by atoms with Crippen molar-refractivity contribution in [3.8, 4) is 17.5 Å². The number of aromatic nitrogens is 2. The molecule has 1 heterocycles. The first kappa shape index (κ1) is 22.2. The van der Waals surface area contributed by atoms with Gasteiger partial charge in [-0.25, -0.2) is 10.1 Å². The predicted octanol–water partition coefficient (Wildman–Crippen LogP) is 4.44. The van der Waals surface area contributed by atoms with Gasteiger partial charge >= 0.3 is 0 Å². The zero-order chi connectivity index (χ0) is 23.8. The van der Waals surface area contributed by atoms with Gasteiger partial charge in [0.2, 0.25) is 0 Å². The Hall–Kier alpha value is -4.96. The normalized spacial score (nSPS) is 11.2. The third-order valence-electron chi connectivity index (χ3n) is 5.00. The Kier molecular flexibility index (Phi) is 6.91. The summed E-state index contributed by atoms with van der Waals surface area (Å²) >= 11 is 0. The number of rotatable bonds is 7. The van der Waals surface area contributed by atoms with Crippen LogP contribution >= 0.6 is 0 Å². The number of hydrogen-bond acceptors (Lipinski definition) is 5. The minimum Gasteiger partial charge on any atom is -0.497 e. The Bertz CT molecular complexity index is 1360. The van der Waals surface area contributed by atoms with E-state index in [2.05, 4.69) is 21.7 Å². The van der Waals surface area contributed by atoms with Crippen LogP contribution in [0.5, 0.6) is 5.75 Å². The quantitative estimate of drug-likeness (QED) is 0.257. The highest BCUT2D eigenvalue weighted by Crippen LogP contribution is 2.22. The van der Waals surface area contributed by atoms with E-state index in [0.717, 1.165) is 16.8 Å². The molecule has 0 spiro atoms. The van der Waals surface area contributed by atoms with Crippen LogP contribution in [0.15, 0.2) is 96.4 Å². The monoisotopic (exact) mass is 447 g/mol. The van der Waals surface area contributed by atoms with Crippen LogP contribution in [-0.2, 0) is 4.79 Å². The van der Waals surface area contributed by atoms with E-state index in [0.29, 0.717) is 22.4 Å². The van der Waals surface area contributed by atoms with Crippen molar-refractivity contribution < 1.29 is 9.53 Å². The number of hydrazone groups is 1. The van der Waals surface area contributed by atoms with Crippen molar-refractivity contribution in [1.29, 1.82) is 5.26 Å². The van der Waals surface area contributed by atoms with Gasteiger partial charge in [-0.2, -0.15) is 15.5 Å². The highest BCUT2D eigenvalue weighted by atomic mass is 16.5. The van der Waals surface area contributed by atoms with Crippen LogP contribution < -0.4 is 10.2 Å². The van der Waals surface area contributed by atoms with Gasteiger partial charge in [0.25, 0.3) is 5.91 Å². The van der Waals surface area contributed by atoms with Gasteiger partial charge in [0.1, 0.15) is 5.75 Å². The summed E-state index contributed by atoms with van der Waals surface area (Å²) in [5, 5.41) is 17.4. The van der Waals surface area contributed by atoms with Gasteiger partial charge in [-0.15, -0.1) is 0 Å². The van der Waals surface area contributed by atoms with Gasteiger partial charge < -0.3 is 4.74 Å². The average molecular weight is 447 g/mol. The van der Waals surface area contributed by atoms with Crippen LogP contribution in [0.4, 0.5) is 0 Å². The third-order valence-corrected chi connectivity index (χ3v) is 5.00. The molecule has 1 amide bonds. The number of para-hydroxylation sites is 1. The summed E-state index contributed by atoms with van der Waals surface area (Å²) in [6, 6.07) is 25.9. The second kappa shape index (κ2) is 10.6. The number of amides is 1. The Labute approximate surface area is 197 Å². The predicted molar refractivity (Wildman–Crippen MR) is 131 cm³/mol. The van der Waals surface area contributed by atoms with E-state index in [-0.39, 0.29) is 5.91 Å². The van der Waals surface area contributed by atoms with E-state index >= 15 is 0 Å². The Morgan fingerprint density at radius 1 is 1.03 bits per heavy atom. The lowest BCUT2D eigenvalue weighted by Crippen LogP contribution is -2.19. The summed E-state index contributed by atoms with van der Waals surface area (Å²) in [6.45, 7) is 0. The summed E-state index contributed by atoms with van der Waals surface area (Å²) in [6.07, 6.45) is 6.84. The molecule has 7 nitrogen and oxygen atoms in total. The van der Waals surface area contributed by atoms with E-state index in [1.165, 1.54) is 6.21 Å². The number of nitrogens with one attached hydrogen (secondary N) is 1. The van der Waals surface area contributed by atoms with E-state index in [4.69, 9.17) is 10.00 Å². The molecule has 0 saturated carbocycles. The molecule has 1 aromatic heterocycles. The zero-order valence-electron chi connectivity index (χ0n) is 18.4. The number of nitriles is 1. The minimum absolute atomic E-state index is 0.373. The molecule has 0 atom stereocenters. The maximum Gasteiger partial charge on any atom is 0.271 e. The number of carbonyl (C=O) groups is 1. The number of methoxy groups -OCH3 is 1. The van der Waals surface area contributed by atoms with E-state index in [9.17, 15) is 4.79 Å². The van der Waals surface area contributed by atoms with Crippen molar-refractivity contribution >= 4 is 23.8 Å². The molecule has 0 unspecified atom stereocenters. The fourth-order valence-corrected chi connectivity index (χ4v) is 3.22. The number of benzene rings is 3. The van der Waals surface area contributed by atoms with Crippen molar-refractivity contribution in [2.75, 3.05) is 7.11 Å². The number of carbonyl (C=O) groups excluding carboxylic acids is 1. The summed E-state index contributed by atoms with van der Waals surface area (Å²) in [5.74, 6) is 0.321. The summed E-state index contributed by atoms with van der Waals surface area (Å²) in [4.78, 5) is 13.1. The van der Waals surface area contributed by atoms with Gasteiger partial charge in [-0.05, 0) is 53.6 Å². The van der Waals surface area contributed by atoms with Crippen molar-refractivity contribution in [2.24, 2.45) is 5.10 Å². The van der Waals surface area contributed by atoms with E-state index in [1.54, 1.807) is 60.5 Å². The molecule has 4 rings (SSSR count). The lowest BCUT2D eigenvalue weighted by atomic mass is 10.0. The van der Waals surface area contributed by atoms with E-state index in [1.807, 2.05) is 48.7 Å². The smallest absolute Gasteiger partial charge is 0.271 e. The minimum atomic E-state index is -0.373. The molecule has 0 aliphatic heterocycles. The molecule has 1 N–H and O–H groups in total. The fourth-order valence-electron chi connectivity index (χ4n) is 3.22. The molecular formula is C27H21N5O2. The standard InChI is InChI=1S/C27H21N5O2/c1-34-25-13-11-23(12-14-25)26(15-22-18-30-32(19-22)24-5-3-2-4-6-24)27(33)31-29-17-21-9-7-20(16-28)8-10-21/h2-15,17-19H,1H3,(H,31,33)/b26-15+,29-17+. The summed E-state index contributed by atoms with van der Waals surface area (Å²) in [7, 11) is 1.59. The molecule has 34 heavy (non-hydrogen) atoms. The highest BCUT2D eigenvalue weighted by Gasteiger charge is 2.13. The Balaban J connectivity index is 1.59. The van der Waals surface area contributed by atoms with Gasteiger partial charge in [0, 0.05) is 17.3 Å². The molecule has 0 saturated heterocycles. The lowest BCUT2D eigenvalue weighted by Gasteiger charge is -2.07. The molecule has 3 aromatic carbocycles. The first-order chi connectivity index (χ1) is 16.7. The van der Waals surface area contributed by atoms with Gasteiger partial charge in [-0.3, -0.25) is 4.79 Å². The summed E-state index contributed by atoms with van der Waals surface area (Å²) in [5.41, 5.74) is 6.72. The molecule has 4 aromatic rings. The third kappa shape index (κ3) is 5.44. The van der Waals surface area contributed by atoms with Crippen molar-refractivity contribution in [2.45, 2.75) is 0 Å². The fraction of sp³-hybridized carbons (Fsp3) is 0.0370. The van der Waals surface area contributed by atoms with Crippen molar-refractivity contribution in [3.05, 3.63) is 114 Å². The molecule has 0 aliphatic carbocycles. The van der Waals surface area contributed by atoms with Crippen LogP contribution in [0.2, 0.25) is 0 Å². The molecule has 0 fully saturated rings. The molecule has 0 aliphatic rings. The number of hydrogen-bond donors (Lipinski definition) is 1. The Morgan fingerprint density at radius 3 is 2.44 bits per heavy atom. The van der Waals surface area contributed by atoms with Gasteiger partial charge in [-0.1, -0.05) is 42.5 Å². The molecular weight excluding hydrogens is 426 g/mol. The van der Waals surface area contributed by atoms with Gasteiger partial charge in [0.05, 0.1) is 36.8 Å². The number of nitrogens with zero attached hydrogens (tertiary/aromatic N) is 4. The SMILES string of the molecule is COc1ccc(/C(=C\c2cnn(-c3ccccc3)c2)C(=O)N/N=C/c2ccc(C#N)cc2)cc1. The first-order valence-corrected chi connectivity index (χ1v) is 10.5. The van der Waals surface area contributed by atoms with Crippen molar-refractivity contribution in [3.63, 3.8) is 0 Å². The number of ether oxygens (including phenoxy) is 1. The topological polar surface area (TPSA) is 92.3 Å². The first-order valence-electron chi connectivity index (χ1n) is 10.5. The average Bonchev–Trinajstić information content (AvgIpc) is 3.37. The molecule has 0 bridgehead atoms. The maximum atomic E-state index is 13.1. The largest absolute Gasteiger partial charge is 0.497 e. The highest BCUT2D eigenvalue weighted by molar-refractivity contribution is 6.24. The second-order valence-electron chi connectivity index (χ2n) is 7.27. The molecule has 7 heteroatoms. The van der Waals surface area contributed by atoms with Crippen LogP contribution in [0.3, 0.4) is 0 Å². The van der Waals surface area contributed by atoms with E-state index < -0.39 is 0 Å². The Morgan fingerprint density at radius 2 is 1.76 bits per heavy atom. The maximum absolute atomic E-state index is 13.1. The zero-order valence-corrected chi connectivity index (χ0v) is 18.4. The van der Waals surface area contributed by atoms with Crippen LogP contribution in [0.1, 0.15) is 22.3 Å². The van der Waals surface area contributed by atoms with Gasteiger partial charge in [0.15, 0.2) is 0 Å². The second-order valence-corrected chi connectivity index (χ2v) is 7.27. The van der Waals surface area contributed by atoms with Crippen LogP contribution in [-0.4, -0.2) is 29.0 Å². The van der Waals surface area contributed by atoms with Crippen LogP contribution in [0, 0.1) is 11.3 Å².